The molecule has 2 rings (SSSR count). The summed E-state index contributed by atoms with van der Waals surface area (Å²) in [5.74, 6) is 0.928. The van der Waals surface area contributed by atoms with Gasteiger partial charge in [0, 0.05) is 12.1 Å². The Balaban J connectivity index is 1.87. The van der Waals surface area contributed by atoms with Crippen LogP contribution in [0.25, 0.3) is 0 Å². The average molecular weight is 240 g/mol. The van der Waals surface area contributed by atoms with Crippen LogP contribution < -0.4 is 5.32 Å². The van der Waals surface area contributed by atoms with Crippen LogP contribution >= 0.6 is 11.6 Å². The lowest BCUT2D eigenvalue weighted by molar-refractivity contribution is 0.330. The average Bonchev–Trinajstić information content (AvgIpc) is 2.30. The van der Waals surface area contributed by atoms with E-state index in [2.05, 4.69) is 22.4 Å². The minimum Gasteiger partial charge on any atom is -0.381 e. The zero-order valence-corrected chi connectivity index (χ0v) is 10.4. The van der Waals surface area contributed by atoms with Crippen molar-refractivity contribution in [3.8, 4) is 0 Å². The molecule has 88 valence electrons. The van der Waals surface area contributed by atoms with Gasteiger partial charge >= 0.3 is 0 Å². The first kappa shape index (κ1) is 11.6. The van der Waals surface area contributed by atoms with Gasteiger partial charge in [-0.3, -0.25) is 0 Å². The molecule has 0 bridgehead atoms. The number of hydrogen-bond acceptors (Lipinski definition) is 3. The van der Waals surface area contributed by atoms with E-state index < -0.39 is 0 Å². The van der Waals surface area contributed by atoms with E-state index in [1.807, 2.05) is 6.07 Å². The Kier molecular flexibility index (Phi) is 3.99. The molecule has 1 saturated carbocycles. The Bertz CT molecular complexity index is 335. The van der Waals surface area contributed by atoms with Gasteiger partial charge in [-0.05, 0) is 31.6 Å². The summed E-state index contributed by atoms with van der Waals surface area (Å²) in [6.45, 7) is 2.28. The van der Waals surface area contributed by atoms with E-state index in [1.54, 1.807) is 6.20 Å². The molecule has 1 N–H and O–H groups in total. The summed E-state index contributed by atoms with van der Waals surface area (Å²) in [7, 11) is 0. The molecule has 0 saturated heterocycles. The number of aromatic nitrogens is 2. The van der Waals surface area contributed by atoms with E-state index in [1.165, 1.54) is 32.1 Å². The molecular formula is C12H18ClN3. The highest BCUT2D eigenvalue weighted by atomic mass is 35.5. The normalized spacial score (nSPS) is 25.4. The maximum atomic E-state index is 5.79. The van der Waals surface area contributed by atoms with Crippen molar-refractivity contribution in [3.05, 3.63) is 17.4 Å². The molecule has 0 aromatic carbocycles. The Morgan fingerprint density at radius 1 is 1.38 bits per heavy atom. The molecule has 16 heavy (non-hydrogen) atoms. The maximum absolute atomic E-state index is 5.79. The van der Waals surface area contributed by atoms with Crippen LogP contribution in [-0.4, -0.2) is 16.2 Å². The molecule has 4 heteroatoms. The van der Waals surface area contributed by atoms with E-state index in [0.29, 0.717) is 11.2 Å². The summed E-state index contributed by atoms with van der Waals surface area (Å²) in [6, 6.07) is 2.41. The van der Waals surface area contributed by atoms with Gasteiger partial charge < -0.3 is 5.32 Å². The molecule has 1 aromatic heterocycles. The molecule has 3 nitrogen and oxygen atoms in total. The van der Waals surface area contributed by atoms with Crippen LogP contribution in [-0.2, 0) is 0 Å². The van der Waals surface area contributed by atoms with Crippen LogP contribution in [0.4, 0.5) is 5.69 Å². The van der Waals surface area contributed by atoms with Gasteiger partial charge in [-0.2, -0.15) is 5.10 Å². The van der Waals surface area contributed by atoms with Gasteiger partial charge in [-0.25, -0.2) is 0 Å². The third-order valence-electron chi connectivity index (χ3n) is 3.42. The minimum atomic E-state index is 0.451. The van der Waals surface area contributed by atoms with E-state index in [0.717, 1.165) is 11.6 Å². The lowest BCUT2D eigenvalue weighted by Crippen LogP contribution is -2.25. The summed E-state index contributed by atoms with van der Waals surface area (Å²) >= 11 is 5.79. The Hall–Kier alpha value is -0.830. The second kappa shape index (κ2) is 5.48. The van der Waals surface area contributed by atoms with E-state index in [9.17, 15) is 0 Å². The number of nitrogens with one attached hydrogen (secondary N) is 1. The predicted molar refractivity (Wildman–Crippen MR) is 66.7 cm³/mol. The summed E-state index contributed by atoms with van der Waals surface area (Å²) in [5, 5.41) is 11.5. The second-order valence-corrected chi connectivity index (χ2v) is 4.92. The fourth-order valence-corrected chi connectivity index (χ4v) is 2.53. The molecule has 0 amide bonds. The van der Waals surface area contributed by atoms with Gasteiger partial charge in [0.25, 0.3) is 0 Å². The van der Waals surface area contributed by atoms with Crippen molar-refractivity contribution < 1.29 is 0 Å². The van der Waals surface area contributed by atoms with Crippen molar-refractivity contribution in [1.82, 2.24) is 10.2 Å². The molecule has 1 fully saturated rings. The van der Waals surface area contributed by atoms with Gasteiger partial charge in [0.2, 0.25) is 0 Å². The fourth-order valence-electron chi connectivity index (χ4n) is 2.37. The maximum Gasteiger partial charge on any atom is 0.153 e. The van der Waals surface area contributed by atoms with Crippen LogP contribution in [0.5, 0.6) is 0 Å². The number of nitrogens with zero attached hydrogens (tertiary/aromatic N) is 2. The van der Waals surface area contributed by atoms with Crippen LogP contribution in [0.2, 0.25) is 5.15 Å². The van der Waals surface area contributed by atoms with Crippen molar-refractivity contribution in [1.29, 1.82) is 0 Å². The highest BCUT2D eigenvalue weighted by Crippen LogP contribution is 2.28. The van der Waals surface area contributed by atoms with Gasteiger partial charge in [-0.1, -0.05) is 24.9 Å². The first-order chi connectivity index (χ1) is 7.78. The summed E-state index contributed by atoms with van der Waals surface area (Å²) in [4.78, 5) is 0. The van der Waals surface area contributed by atoms with Gasteiger partial charge in [0.05, 0.1) is 11.9 Å². The molecule has 0 atom stereocenters. The predicted octanol–water partition coefficient (Wildman–Crippen LogP) is 3.51. The highest BCUT2D eigenvalue weighted by molar-refractivity contribution is 6.29. The first-order valence-corrected chi connectivity index (χ1v) is 6.40. The zero-order valence-electron chi connectivity index (χ0n) is 9.62. The Labute approximate surface area is 102 Å². The van der Waals surface area contributed by atoms with Crippen LogP contribution in [0.3, 0.4) is 0 Å². The fraction of sp³-hybridized carbons (Fsp3) is 0.667. The Morgan fingerprint density at radius 2 is 2.12 bits per heavy atom. The molecule has 1 aromatic rings. The van der Waals surface area contributed by atoms with Gasteiger partial charge in [0.15, 0.2) is 5.15 Å². The zero-order chi connectivity index (χ0) is 11.4. The number of halogens is 1. The van der Waals surface area contributed by atoms with Crippen molar-refractivity contribution in [2.24, 2.45) is 5.92 Å². The van der Waals surface area contributed by atoms with Crippen LogP contribution in [0, 0.1) is 5.92 Å². The quantitative estimate of drug-likeness (QED) is 0.877. The summed E-state index contributed by atoms with van der Waals surface area (Å²) in [6.07, 6.45) is 8.21. The van der Waals surface area contributed by atoms with Crippen molar-refractivity contribution in [3.63, 3.8) is 0 Å². The van der Waals surface area contributed by atoms with E-state index in [4.69, 9.17) is 11.6 Å². The van der Waals surface area contributed by atoms with Crippen LogP contribution in [0.1, 0.15) is 39.0 Å². The van der Waals surface area contributed by atoms with Crippen molar-refractivity contribution >= 4 is 17.3 Å². The largest absolute Gasteiger partial charge is 0.381 e. The summed E-state index contributed by atoms with van der Waals surface area (Å²) < 4.78 is 0. The molecule has 0 radical (unpaired) electrons. The smallest absolute Gasteiger partial charge is 0.153 e. The molecule has 0 aliphatic heterocycles. The topological polar surface area (TPSA) is 37.8 Å². The standard InChI is InChI=1S/C12H18ClN3/c1-2-9-3-5-10(6-4-9)15-11-7-12(13)16-14-8-11/h7-10H,2-6H2,1H3,(H,15,16). The lowest BCUT2D eigenvalue weighted by atomic mass is 9.84. The SMILES string of the molecule is CCC1CCC(Nc2cnnc(Cl)c2)CC1. The second-order valence-electron chi connectivity index (χ2n) is 4.54. The number of hydrogen-bond donors (Lipinski definition) is 1. The molecule has 1 aliphatic carbocycles. The van der Waals surface area contributed by atoms with E-state index >= 15 is 0 Å². The number of rotatable bonds is 3. The summed E-state index contributed by atoms with van der Waals surface area (Å²) in [5.41, 5.74) is 0.986. The van der Waals surface area contributed by atoms with Gasteiger partial charge in [-0.15, -0.1) is 5.10 Å². The van der Waals surface area contributed by atoms with Crippen molar-refractivity contribution in [2.75, 3.05) is 5.32 Å². The van der Waals surface area contributed by atoms with Crippen molar-refractivity contribution in [2.45, 2.75) is 45.1 Å². The molecule has 0 spiro atoms. The van der Waals surface area contributed by atoms with Crippen LogP contribution in [0.15, 0.2) is 12.3 Å². The highest BCUT2D eigenvalue weighted by Gasteiger charge is 2.19. The lowest BCUT2D eigenvalue weighted by Gasteiger charge is -2.28. The molecule has 1 aliphatic rings. The monoisotopic (exact) mass is 239 g/mol. The number of anilines is 1. The van der Waals surface area contributed by atoms with Gasteiger partial charge in [0.1, 0.15) is 0 Å². The third-order valence-corrected chi connectivity index (χ3v) is 3.60. The van der Waals surface area contributed by atoms with E-state index in [-0.39, 0.29) is 0 Å². The minimum absolute atomic E-state index is 0.451. The first-order valence-electron chi connectivity index (χ1n) is 6.02. The molecular weight excluding hydrogens is 222 g/mol. The molecule has 1 heterocycles. The third kappa shape index (κ3) is 3.08. The Morgan fingerprint density at radius 3 is 2.75 bits per heavy atom. The molecule has 0 unspecified atom stereocenters.